The second kappa shape index (κ2) is 6.16. The van der Waals surface area contributed by atoms with Crippen molar-refractivity contribution in [1.29, 1.82) is 0 Å². The zero-order valence-corrected chi connectivity index (χ0v) is 10.9. The van der Waals surface area contributed by atoms with Crippen LogP contribution in [0.15, 0.2) is 48.5 Å². The number of rotatable bonds is 2. The molecule has 0 aliphatic carbocycles. The fourth-order valence-electron chi connectivity index (χ4n) is 1.53. The second-order valence-electron chi connectivity index (χ2n) is 3.90. The molecule has 0 bridgehead atoms. The van der Waals surface area contributed by atoms with Crippen LogP contribution in [0, 0.1) is 5.82 Å². The average molecular weight is 293 g/mol. The molecule has 0 aromatic heterocycles. The Morgan fingerprint density at radius 1 is 0.950 bits per heavy atom. The lowest BCUT2D eigenvalue weighted by molar-refractivity contribution is 0.0846. The normalized spacial score (nSPS) is 9.90. The minimum absolute atomic E-state index is 0.101. The maximum atomic E-state index is 13.0. The molecule has 0 atom stereocenters. The topological polar surface area (TPSA) is 58.2 Å². The third kappa shape index (κ3) is 3.33. The third-order valence-corrected chi connectivity index (χ3v) is 2.82. The SMILES string of the molecule is O=C(NNC(=O)c1ccccc1Cl)c1cccc(F)c1. The van der Waals surface area contributed by atoms with Crippen LogP contribution in [-0.4, -0.2) is 11.8 Å². The van der Waals surface area contributed by atoms with Gasteiger partial charge in [0.15, 0.2) is 0 Å². The van der Waals surface area contributed by atoms with Crippen molar-refractivity contribution in [2.45, 2.75) is 0 Å². The van der Waals surface area contributed by atoms with E-state index in [1.165, 1.54) is 24.3 Å². The summed E-state index contributed by atoms with van der Waals surface area (Å²) in [5, 5.41) is 0.269. The molecule has 20 heavy (non-hydrogen) atoms. The Bertz CT molecular complexity index is 661. The van der Waals surface area contributed by atoms with Crippen LogP contribution in [0.25, 0.3) is 0 Å². The van der Waals surface area contributed by atoms with Gasteiger partial charge in [-0.25, -0.2) is 4.39 Å². The Balaban J connectivity index is 2.01. The van der Waals surface area contributed by atoms with E-state index in [-0.39, 0.29) is 16.1 Å². The lowest BCUT2D eigenvalue weighted by Gasteiger charge is -2.08. The average Bonchev–Trinajstić information content (AvgIpc) is 2.45. The van der Waals surface area contributed by atoms with E-state index < -0.39 is 17.6 Å². The number of halogens is 2. The summed E-state index contributed by atoms with van der Waals surface area (Å²) in [5.74, 6) is -1.71. The molecule has 0 radical (unpaired) electrons. The molecular formula is C14H10ClFN2O2. The van der Waals surface area contributed by atoms with Gasteiger partial charge in [-0.3, -0.25) is 20.4 Å². The summed E-state index contributed by atoms with van der Waals surface area (Å²) in [7, 11) is 0. The highest BCUT2D eigenvalue weighted by Gasteiger charge is 2.11. The minimum Gasteiger partial charge on any atom is -0.267 e. The van der Waals surface area contributed by atoms with Gasteiger partial charge in [0.1, 0.15) is 5.82 Å². The molecule has 0 spiro atoms. The van der Waals surface area contributed by atoms with E-state index in [4.69, 9.17) is 11.6 Å². The molecule has 2 amide bonds. The van der Waals surface area contributed by atoms with Gasteiger partial charge in [0, 0.05) is 5.56 Å². The van der Waals surface area contributed by atoms with Crippen LogP contribution < -0.4 is 10.9 Å². The van der Waals surface area contributed by atoms with Gasteiger partial charge in [0.05, 0.1) is 10.6 Å². The van der Waals surface area contributed by atoms with Gasteiger partial charge < -0.3 is 0 Å². The maximum absolute atomic E-state index is 13.0. The number of carbonyl (C=O) groups excluding carboxylic acids is 2. The molecule has 0 saturated heterocycles. The Hall–Kier alpha value is -2.40. The smallest absolute Gasteiger partial charge is 0.267 e. The molecule has 0 aliphatic rings. The summed E-state index contributed by atoms with van der Waals surface area (Å²) in [4.78, 5) is 23.5. The monoisotopic (exact) mass is 292 g/mol. The van der Waals surface area contributed by atoms with E-state index in [9.17, 15) is 14.0 Å². The van der Waals surface area contributed by atoms with Gasteiger partial charge in [-0.15, -0.1) is 0 Å². The van der Waals surface area contributed by atoms with E-state index in [0.29, 0.717) is 0 Å². The molecule has 4 nitrogen and oxygen atoms in total. The lowest BCUT2D eigenvalue weighted by atomic mass is 10.2. The van der Waals surface area contributed by atoms with Crippen LogP contribution in [0.4, 0.5) is 4.39 Å². The van der Waals surface area contributed by atoms with Crippen LogP contribution >= 0.6 is 11.6 Å². The number of nitrogens with one attached hydrogen (secondary N) is 2. The molecule has 0 fully saturated rings. The van der Waals surface area contributed by atoms with Crippen LogP contribution in [0.3, 0.4) is 0 Å². The fraction of sp³-hybridized carbons (Fsp3) is 0. The highest BCUT2D eigenvalue weighted by Crippen LogP contribution is 2.14. The van der Waals surface area contributed by atoms with Crippen molar-refractivity contribution in [2.75, 3.05) is 0 Å². The molecular weight excluding hydrogens is 283 g/mol. The molecule has 2 N–H and O–H groups in total. The number of hydrogen-bond acceptors (Lipinski definition) is 2. The highest BCUT2D eigenvalue weighted by atomic mass is 35.5. The number of carbonyl (C=O) groups is 2. The summed E-state index contributed by atoms with van der Waals surface area (Å²) in [6.07, 6.45) is 0. The summed E-state index contributed by atoms with van der Waals surface area (Å²) in [6, 6.07) is 11.5. The minimum atomic E-state index is -0.620. The molecule has 102 valence electrons. The van der Waals surface area contributed by atoms with Crippen LogP contribution in [-0.2, 0) is 0 Å². The first-order valence-electron chi connectivity index (χ1n) is 5.68. The Morgan fingerprint density at radius 2 is 1.65 bits per heavy atom. The van der Waals surface area contributed by atoms with Gasteiger partial charge in [0.2, 0.25) is 0 Å². The molecule has 2 rings (SSSR count). The molecule has 6 heteroatoms. The highest BCUT2D eigenvalue weighted by molar-refractivity contribution is 6.33. The van der Waals surface area contributed by atoms with E-state index >= 15 is 0 Å². The number of hydrazine groups is 1. The van der Waals surface area contributed by atoms with Crippen molar-refractivity contribution in [3.8, 4) is 0 Å². The Morgan fingerprint density at radius 3 is 2.35 bits per heavy atom. The number of benzene rings is 2. The van der Waals surface area contributed by atoms with Crippen molar-refractivity contribution < 1.29 is 14.0 Å². The molecule has 0 aliphatic heterocycles. The van der Waals surface area contributed by atoms with Gasteiger partial charge in [-0.05, 0) is 30.3 Å². The maximum Gasteiger partial charge on any atom is 0.271 e. The van der Waals surface area contributed by atoms with Crippen molar-refractivity contribution in [2.24, 2.45) is 0 Å². The summed E-state index contributed by atoms with van der Waals surface area (Å²) in [6.45, 7) is 0. The molecule has 2 aromatic carbocycles. The zero-order chi connectivity index (χ0) is 14.5. The van der Waals surface area contributed by atoms with Crippen molar-refractivity contribution in [3.05, 3.63) is 70.5 Å². The van der Waals surface area contributed by atoms with Gasteiger partial charge in [0.25, 0.3) is 11.8 Å². The number of hydrogen-bond donors (Lipinski definition) is 2. The molecule has 2 aromatic rings. The zero-order valence-electron chi connectivity index (χ0n) is 10.2. The van der Waals surface area contributed by atoms with E-state index in [2.05, 4.69) is 10.9 Å². The van der Waals surface area contributed by atoms with E-state index in [1.54, 1.807) is 18.2 Å². The number of amides is 2. The van der Waals surface area contributed by atoms with Gasteiger partial charge in [-0.2, -0.15) is 0 Å². The predicted molar refractivity (Wildman–Crippen MR) is 72.8 cm³/mol. The van der Waals surface area contributed by atoms with Gasteiger partial charge in [-0.1, -0.05) is 29.8 Å². The van der Waals surface area contributed by atoms with E-state index in [1.807, 2.05) is 0 Å². The molecule has 0 unspecified atom stereocenters. The first-order valence-corrected chi connectivity index (χ1v) is 6.06. The van der Waals surface area contributed by atoms with Crippen LogP contribution in [0.5, 0.6) is 0 Å². The standard InChI is InChI=1S/C14H10ClFN2O2/c15-12-7-2-1-6-11(12)14(20)18-17-13(19)9-4-3-5-10(16)8-9/h1-8H,(H,17,19)(H,18,20). The predicted octanol–water partition coefficient (Wildman–Crippen LogP) is 2.55. The van der Waals surface area contributed by atoms with Crippen molar-refractivity contribution >= 4 is 23.4 Å². The quantitative estimate of drug-likeness (QED) is 0.836. The van der Waals surface area contributed by atoms with E-state index in [0.717, 1.165) is 6.07 Å². The fourth-order valence-corrected chi connectivity index (χ4v) is 1.75. The lowest BCUT2D eigenvalue weighted by Crippen LogP contribution is -2.41. The largest absolute Gasteiger partial charge is 0.271 e. The third-order valence-electron chi connectivity index (χ3n) is 2.49. The Kier molecular flexibility index (Phi) is 4.32. The first kappa shape index (κ1) is 14.0. The van der Waals surface area contributed by atoms with Gasteiger partial charge >= 0.3 is 0 Å². The van der Waals surface area contributed by atoms with Crippen LogP contribution in [0.1, 0.15) is 20.7 Å². The van der Waals surface area contributed by atoms with Crippen molar-refractivity contribution in [3.63, 3.8) is 0 Å². The Labute approximate surface area is 119 Å². The molecule has 0 saturated carbocycles. The van der Waals surface area contributed by atoms with Crippen LogP contribution in [0.2, 0.25) is 5.02 Å². The molecule has 0 heterocycles. The summed E-state index contributed by atoms with van der Waals surface area (Å²) >= 11 is 5.85. The first-order chi connectivity index (χ1) is 9.58. The second-order valence-corrected chi connectivity index (χ2v) is 4.31. The summed E-state index contributed by atoms with van der Waals surface area (Å²) in [5.41, 5.74) is 4.73. The summed E-state index contributed by atoms with van der Waals surface area (Å²) < 4.78 is 13.0. The van der Waals surface area contributed by atoms with Crippen molar-refractivity contribution in [1.82, 2.24) is 10.9 Å².